The Morgan fingerprint density at radius 3 is 2.70 bits per heavy atom. The minimum Gasteiger partial charge on any atom is -0.492 e. The lowest BCUT2D eigenvalue weighted by atomic mass is 10.1. The van der Waals surface area contributed by atoms with Crippen LogP contribution < -0.4 is 0 Å². The number of nitrogens with zero attached hydrogens (tertiary/aromatic N) is 4. The second-order valence-electron chi connectivity index (χ2n) is 5.42. The number of hydrogen-bond acceptors (Lipinski definition) is 5. The summed E-state index contributed by atoms with van der Waals surface area (Å²) in [5, 5.41) is 19.3. The monoisotopic (exact) mass is 322 g/mol. The van der Waals surface area contributed by atoms with Crippen molar-refractivity contribution in [3.63, 3.8) is 0 Å². The van der Waals surface area contributed by atoms with Crippen LogP contribution in [0.4, 0.5) is 10.7 Å². The molecule has 1 N–H and O–H groups in total. The zero-order valence-corrected chi connectivity index (χ0v) is 13.5. The van der Waals surface area contributed by atoms with Crippen LogP contribution in [0.25, 0.3) is 16.0 Å². The van der Waals surface area contributed by atoms with Gasteiger partial charge in [-0.15, -0.1) is 10.2 Å². The molecule has 0 unspecified atom stereocenters. The van der Waals surface area contributed by atoms with Gasteiger partial charge in [-0.05, 0) is 49.2 Å². The normalized spacial score (nSPS) is 11.9. The maximum atomic E-state index is 10.4. The quantitative estimate of drug-likeness (QED) is 0.510. The minimum atomic E-state index is 0.0753. The third kappa shape index (κ3) is 2.27. The van der Waals surface area contributed by atoms with E-state index < -0.39 is 0 Å². The number of benzene rings is 2. The van der Waals surface area contributed by atoms with Gasteiger partial charge in [0.05, 0.1) is 16.7 Å². The molecule has 4 aromatic rings. The average molecular weight is 322 g/mol. The molecule has 0 atom stereocenters. The van der Waals surface area contributed by atoms with Crippen LogP contribution in [0.5, 0.6) is 5.88 Å². The largest absolute Gasteiger partial charge is 0.492 e. The number of aromatic nitrogens is 2. The maximum absolute atomic E-state index is 10.4. The Bertz CT molecular complexity index is 1060. The first-order valence-corrected chi connectivity index (χ1v) is 8.03. The Hall–Kier alpha value is -2.73. The standard InChI is InChI=1S/C17H14N4OS/c1-10-7-8-12(9-11(10)2)19-20-15-16(22)21-14-6-4-3-5-13(14)18-17(21)23-15/h3-9,22H,1-2H3. The van der Waals surface area contributed by atoms with Crippen LogP contribution in [0.3, 0.4) is 0 Å². The van der Waals surface area contributed by atoms with Crippen molar-refractivity contribution in [1.82, 2.24) is 9.38 Å². The lowest BCUT2D eigenvalue weighted by Gasteiger charge is -1.99. The summed E-state index contributed by atoms with van der Waals surface area (Å²) in [6.07, 6.45) is 0. The smallest absolute Gasteiger partial charge is 0.237 e. The molecule has 0 saturated heterocycles. The van der Waals surface area contributed by atoms with Crippen LogP contribution >= 0.6 is 11.3 Å². The van der Waals surface area contributed by atoms with E-state index in [2.05, 4.69) is 22.1 Å². The highest BCUT2D eigenvalue weighted by Gasteiger charge is 2.15. The molecule has 2 heterocycles. The second kappa shape index (κ2) is 5.17. The van der Waals surface area contributed by atoms with Crippen LogP contribution in [0.15, 0.2) is 52.7 Å². The Labute approximate surface area is 136 Å². The third-order valence-corrected chi connectivity index (χ3v) is 4.78. The van der Waals surface area contributed by atoms with Gasteiger partial charge in [0.15, 0.2) is 4.96 Å². The summed E-state index contributed by atoms with van der Waals surface area (Å²) in [5.41, 5.74) is 4.87. The van der Waals surface area contributed by atoms with E-state index in [1.54, 1.807) is 4.40 Å². The number of imidazole rings is 1. The molecular formula is C17H14N4OS. The van der Waals surface area contributed by atoms with E-state index in [1.807, 2.05) is 49.4 Å². The highest BCUT2D eigenvalue weighted by atomic mass is 32.1. The van der Waals surface area contributed by atoms with Crippen molar-refractivity contribution in [2.45, 2.75) is 13.8 Å². The number of fused-ring (bicyclic) bond motifs is 3. The SMILES string of the molecule is Cc1ccc(N=Nc2sc3nc4ccccc4n3c2O)cc1C. The highest BCUT2D eigenvalue weighted by Crippen LogP contribution is 2.39. The van der Waals surface area contributed by atoms with Crippen LogP contribution in [0.1, 0.15) is 11.1 Å². The maximum Gasteiger partial charge on any atom is 0.237 e. The van der Waals surface area contributed by atoms with E-state index in [4.69, 9.17) is 0 Å². The predicted octanol–water partition coefficient (Wildman–Crippen LogP) is 5.29. The number of hydrogen-bond donors (Lipinski definition) is 1. The van der Waals surface area contributed by atoms with Gasteiger partial charge in [0.1, 0.15) is 0 Å². The van der Waals surface area contributed by atoms with E-state index in [0.29, 0.717) is 9.96 Å². The molecule has 0 saturated carbocycles. The third-order valence-electron chi connectivity index (χ3n) is 3.87. The molecule has 0 aliphatic carbocycles. The van der Waals surface area contributed by atoms with Gasteiger partial charge in [0.2, 0.25) is 10.9 Å². The molecule has 0 fully saturated rings. The number of azo groups is 1. The molecule has 2 aromatic heterocycles. The van der Waals surface area contributed by atoms with Gasteiger partial charge in [0, 0.05) is 0 Å². The number of aryl methyl sites for hydroxylation is 2. The summed E-state index contributed by atoms with van der Waals surface area (Å²) in [6.45, 7) is 4.10. The second-order valence-corrected chi connectivity index (χ2v) is 6.37. The van der Waals surface area contributed by atoms with E-state index in [0.717, 1.165) is 22.3 Å². The molecule has 0 bridgehead atoms. The first kappa shape index (κ1) is 13.9. The van der Waals surface area contributed by atoms with Crippen molar-refractivity contribution in [3.05, 3.63) is 53.6 Å². The fourth-order valence-electron chi connectivity index (χ4n) is 2.46. The van der Waals surface area contributed by atoms with Gasteiger partial charge in [0.25, 0.3) is 0 Å². The molecule has 0 amide bonds. The Morgan fingerprint density at radius 2 is 1.87 bits per heavy atom. The molecule has 23 heavy (non-hydrogen) atoms. The number of para-hydroxylation sites is 2. The van der Waals surface area contributed by atoms with Gasteiger partial charge in [-0.3, -0.25) is 4.40 Å². The summed E-state index contributed by atoms with van der Waals surface area (Å²) in [7, 11) is 0. The van der Waals surface area contributed by atoms with Gasteiger partial charge in [-0.25, -0.2) is 4.98 Å². The molecule has 5 nitrogen and oxygen atoms in total. The summed E-state index contributed by atoms with van der Waals surface area (Å²) in [6, 6.07) is 13.6. The molecule has 114 valence electrons. The molecule has 0 aliphatic rings. The lowest BCUT2D eigenvalue weighted by molar-refractivity contribution is 0.453. The molecule has 6 heteroatoms. The molecular weight excluding hydrogens is 308 g/mol. The minimum absolute atomic E-state index is 0.0753. The lowest BCUT2D eigenvalue weighted by Crippen LogP contribution is -1.78. The zero-order valence-electron chi connectivity index (χ0n) is 12.7. The topological polar surface area (TPSA) is 62.2 Å². The van der Waals surface area contributed by atoms with Crippen LogP contribution in [-0.2, 0) is 0 Å². The van der Waals surface area contributed by atoms with Gasteiger partial charge in [-0.1, -0.05) is 29.5 Å². The summed E-state index contributed by atoms with van der Waals surface area (Å²) in [4.78, 5) is 5.20. The van der Waals surface area contributed by atoms with Crippen molar-refractivity contribution in [2.24, 2.45) is 10.2 Å². The van der Waals surface area contributed by atoms with Crippen LogP contribution in [0.2, 0.25) is 0 Å². The molecule has 0 aliphatic heterocycles. The molecule has 2 aromatic carbocycles. The first-order chi connectivity index (χ1) is 11.1. The first-order valence-electron chi connectivity index (χ1n) is 7.21. The Balaban J connectivity index is 1.78. The summed E-state index contributed by atoms with van der Waals surface area (Å²) in [5.74, 6) is 0.0753. The van der Waals surface area contributed by atoms with Gasteiger partial charge >= 0.3 is 0 Å². The van der Waals surface area contributed by atoms with Crippen molar-refractivity contribution < 1.29 is 5.11 Å². The van der Waals surface area contributed by atoms with Crippen molar-refractivity contribution >= 4 is 38.0 Å². The summed E-state index contributed by atoms with van der Waals surface area (Å²) >= 11 is 1.32. The molecule has 0 radical (unpaired) electrons. The fourth-order valence-corrected chi connectivity index (χ4v) is 3.32. The van der Waals surface area contributed by atoms with Crippen molar-refractivity contribution in [2.75, 3.05) is 0 Å². The Morgan fingerprint density at radius 1 is 1.04 bits per heavy atom. The number of rotatable bonds is 2. The van der Waals surface area contributed by atoms with E-state index in [-0.39, 0.29) is 5.88 Å². The highest BCUT2D eigenvalue weighted by molar-refractivity contribution is 7.21. The number of aromatic hydroxyl groups is 1. The molecule has 4 rings (SSSR count). The Kier molecular flexibility index (Phi) is 3.12. The van der Waals surface area contributed by atoms with E-state index in [1.165, 1.54) is 16.9 Å². The van der Waals surface area contributed by atoms with E-state index in [9.17, 15) is 5.11 Å². The summed E-state index contributed by atoms with van der Waals surface area (Å²) < 4.78 is 1.70. The van der Waals surface area contributed by atoms with Gasteiger partial charge in [-0.2, -0.15) is 0 Å². The fraction of sp³-hybridized carbons (Fsp3) is 0.118. The predicted molar refractivity (Wildman–Crippen MR) is 92.3 cm³/mol. The van der Waals surface area contributed by atoms with Crippen molar-refractivity contribution in [1.29, 1.82) is 0 Å². The van der Waals surface area contributed by atoms with Crippen LogP contribution in [0, 0.1) is 13.8 Å². The average Bonchev–Trinajstić information content (AvgIpc) is 3.05. The van der Waals surface area contributed by atoms with E-state index >= 15 is 0 Å². The molecule has 0 spiro atoms. The number of thiazole rings is 1. The van der Waals surface area contributed by atoms with Crippen molar-refractivity contribution in [3.8, 4) is 5.88 Å². The van der Waals surface area contributed by atoms with Crippen LogP contribution in [-0.4, -0.2) is 14.5 Å². The zero-order chi connectivity index (χ0) is 16.0. The van der Waals surface area contributed by atoms with Gasteiger partial charge < -0.3 is 5.11 Å².